The summed E-state index contributed by atoms with van der Waals surface area (Å²) in [7, 11) is 0. The van der Waals surface area contributed by atoms with Gasteiger partial charge in [-0.3, -0.25) is 14.5 Å². The lowest BCUT2D eigenvalue weighted by Gasteiger charge is -2.12. The van der Waals surface area contributed by atoms with Crippen molar-refractivity contribution >= 4 is 17.8 Å². The third-order valence-corrected chi connectivity index (χ3v) is 3.51. The lowest BCUT2D eigenvalue weighted by atomic mass is 10.1. The maximum Gasteiger partial charge on any atom is 0.324 e. The zero-order valence-corrected chi connectivity index (χ0v) is 13.2. The number of urea groups is 1. The van der Waals surface area contributed by atoms with Crippen molar-refractivity contribution in [2.75, 3.05) is 26.2 Å². The van der Waals surface area contributed by atoms with E-state index in [1.807, 2.05) is 0 Å². The molecule has 0 aromatic heterocycles. The van der Waals surface area contributed by atoms with Crippen molar-refractivity contribution in [3.8, 4) is 0 Å². The molecule has 1 aromatic carbocycles. The molecular weight excluding hydrogens is 296 g/mol. The van der Waals surface area contributed by atoms with E-state index in [1.165, 1.54) is 0 Å². The Balaban J connectivity index is 1.83. The molecule has 0 radical (unpaired) electrons. The number of hydrogen-bond donors (Lipinski definition) is 3. The molecule has 1 aliphatic rings. The van der Waals surface area contributed by atoms with Crippen molar-refractivity contribution in [2.45, 2.75) is 19.9 Å². The van der Waals surface area contributed by atoms with Crippen molar-refractivity contribution < 1.29 is 14.4 Å². The average molecular weight is 318 g/mol. The summed E-state index contributed by atoms with van der Waals surface area (Å²) >= 11 is 0. The molecule has 2 rings (SSSR count). The van der Waals surface area contributed by atoms with Gasteiger partial charge in [-0.2, -0.15) is 0 Å². The molecule has 0 spiro atoms. The van der Waals surface area contributed by atoms with Crippen molar-refractivity contribution in [1.29, 1.82) is 0 Å². The number of hydrogen-bond acceptors (Lipinski definition) is 4. The van der Waals surface area contributed by atoms with Crippen LogP contribution in [0.2, 0.25) is 0 Å². The summed E-state index contributed by atoms with van der Waals surface area (Å²) in [4.78, 5) is 36.1. The van der Waals surface area contributed by atoms with Crippen LogP contribution in [0.4, 0.5) is 4.79 Å². The highest BCUT2D eigenvalue weighted by molar-refractivity contribution is 6.01. The molecule has 1 aliphatic heterocycles. The van der Waals surface area contributed by atoms with Crippen molar-refractivity contribution in [2.24, 2.45) is 0 Å². The summed E-state index contributed by atoms with van der Waals surface area (Å²) in [5, 5.41) is 8.52. The van der Waals surface area contributed by atoms with E-state index in [2.05, 4.69) is 22.9 Å². The molecule has 0 unspecified atom stereocenters. The largest absolute Gasteiger partial charge is 0.351 e. The molecule has 0 aliphatic carbocycles. The summed E-state index contributed by atoms with van der Waals surface area (Å²) in [6, 6.07) is 6.52. The average Bonchev–Trinajstić information content (AvgIpc) is 2.87. The number of carbonyl (C=O) groups is 3. The van der Waals surface area contributed by atoms with E-state index in [1.54, 1.807) is 24.3 Å². The lowest BCUT2D eigenvalue weighted by molar-refractivity contribution is -0.125. The SMILES string of the molecule is CCCNCCNC(=O)c1ccc(CN2C(=O)CNC2=O)cc1. The summed E-state index contributed by atoms with van der Waals surface area (Å²) in [5.74, 6) is -0.374. The zero-order valence-electron chi connectivity index (χ0n) is 13.2. The first-order valence-electron chi connectivity index (χ1n) is 7.78. The Morgan fingerprint density at radius 2 is 1.91 bits per heavy atom. The first kappa shape index (κ1) is 17.0. The number of rotatable bonds is 8. The van der Waals surface area contributed by atoms with Gasteiger partial charge in [0.25, 0.3) is 5.91 Å². The first-order chi connectivity index (χ1) is 11.1. The summed E-state index contributed by atoms with van der Waals surface area (Å²) in [5.41, 5.74) is 1.36. The zero-order chi connectivity index (χ0) is 16.7. The molecule has 0 atom stereocenters. The van der Waals surface area contributed by atoms with Crippen LogP contribution in [0, 0.1) is 0 Å². The summed E-state index contributed by atoms with van der Waals surface area (Å²) in [6.45, 7) is 4.60. The number of carbonyl (C=O) groups excluding carboxylic acids is 3. The highest BCUT2D eigenvalue weighted by Gasteiger charge is 2.28. The predicted octanol–water partition coefficient (Wildman–Crippen LogP) is 0.468. The Morgan fingerprint density at radius 1 is 1.17 bits per heavy atom. The Kier molecular flexibility index (Phi) is 6.10. The van der Waals surface area contributed by atoms with E-state index in [-0.39, 0.29) is 30.9 Å². The van der Waals surface area contributed by atoms with Crippen molar-refractivity contribution in [3.05, 3.63) is 35.4 Å². The fraction of sp³-hybridized carbons (Fsp3) is 0.438. The molecule has 1 aromatic rings. The molecule has 7 nitrogen and oxygen atoms in total. The van der Waals surface area contributed by atoms with Crippen LogP contribution in [-0.4, -0.2) is 48.9 Å². The minimum absolute atomic E-state index is 0.0470. The number of nitrogens with one attached hydrogen (secondary N) is 3. The van der Waals surface area contributed by atoms with E-state index >= 15 is 0 Å². The second-order valence-corrected chi connectivity index (χ2v) is 5.34. The standard InChI is InChI=1S/C16H22N4O3/c1-2-7-17-8-9-18-15(22)13-5-3-12(4-6-13)11-20-14(21)10-19-16(20)23/h3-6,17H,2,7-11H2,1H3,(H,18,22)(H,19,23). The Labute approximate surface area is 135 Å². The Bertz CT molecular complexity index is 555. The molecule has 1 fully saturated rings. The molecule has 0 bridgehead atoms. The van der Waals surface area contributed by atoms with Gasteiger partial charge in [0.15, 0.2) is 0 Å². The first-order valence-corrected chi connectivity index (χ1v) is 7.78. The quantitative estimate of drug-likeness (QED) is 0.480. The highest BCUT2D eigenvalue weighted by Crippen LogP contribution is 2.10. The van der Waals surface area contributed by atoms with Gasteiger partial charge in [-0.25, -0.2) is 4.79 Å². The topological polar surface area (TPSA) is 90.5 Å². The molecule has 0 saturated carbocycles. The highest BCUT2D eigenvalue weighted by atomic mass is 16.2. The molecule has 7 heteroatoms. The van der Waals surface area contributed by atoms with Gasteiger partial charge in [0, 0.05) is 18.7 Å². The Morgan fingerprint density at radius 3 is 2.52 bits per heavy atom. The van der Waals surface area contributed by atoms with Crippen LogP contribution in [0.1, 0.15) is 29.3 Å². The van der Waals surface area contributed by atoms with E-state index in [0.29, 0.717) is 12.1 Å². The molecule has 23 heavy (non-hydrogen) atoms. The Hall–Kier alpha value is -2.41. The van der Waals surface area contributed by atoms with Gasteiger partial charge in [-0.05, 0) is 30.7 Å². The normalized spacial score (nSPS) is 14.0. The molecule has 1 heterocycles. The fourth-order valence-electron chi connectivity index (χ4n) is 2.23. The molecule has 3 N–H and O–H groups in total. The van der Waals surface area contributed by atoms with Gasteiger partial charge in [0.2, 0.25) is 5.91 Å². The third-order valence-electron chi connectivity index (χ3n) is 3.51. The van der Waals surface area contributed by atoms with Crippen LogP contribution in [0.25, 0.3) is 0 Å². The molecular formula is C16H22N4O3. The predicted molar refractivity (Wildman–Crippen MR) is 85.9 cm³/mol. The van der Waals surface area contributed by atoms with E-state index in [0.717, 1.165) is 30.0 Å². The minimum Gasteiger partial charge on any atom is -0.351 e. The number of benzene rings is 1. The van der Waals surface area contributed by atoms with Gasteiger partial charge in [-0.15, -0.1) is 0 Å². The smallest absolute Gasteiger partial charge is 0.324 e. The van der Waals surface area contributed by atoms with Gasteiger partial charge in [0.1, 0.15) is 0 Å². The van der Waals surface area contributed by atoms with Gasteiger partial charge < -0.3 is 16.0 Å². The second kappa shape index (κ2) is 8.28. The van der Waals surface area contributed by atoms with E-state index in [9.17, 15) is 14.4 Å². The number of imide groups is 1. The maximum atomic E-state index is 12.0. The minimum atomic E-state index is -0.378. The third kappa shape index (κ3) is 4.79. The van der Waals surface area contributed by atoms with Crippen LogP contribution in [-0.2, 0) is 11.3 Å². The van der Waals surface area contributed by atoms with Crippen LogP contribution in [0.15, 0.2) is 24.3 Å². The van der Waals surface area contributed by atoms with E-state index < -0.39 is 0 Å². The van der Waals surface area contributed by atoms with E-state index in [4.69, 9.17) is 0 Å². The molecule has 4 amide bonds. The summed E-state index contributed by atoms with van der Waals surface area (Å²) in [6.07, 6.45) is 1.06. The lowest BCUT2D eigenvalue weighted by Crippen LogP contribution is -2.32. The number of nitrogens with zero attached hydrogens (tertiary/aromatic N) is 1. The van der Waals surface area contributed by atoms with Crippen LogP contribution in [0.5, 0.6) is 0 Å². The van der Waals surface area contributed by atoms with Gasteiger partial charge >= 0.3 is 6.03 Å². The number of amides is 4. The monoisotopic (exact) mass is 318 g/mol. The maximum absolute atomic E-state index is 12.0. The molecule has 124 valence electrons. The van der Waals surface area contributed by atoms with Crippen LogP contribution < -0.4 is 16.0 Å². The fourth-order valence-corrected chi connectivity index (χ4v) is 2.23. The second-order valence-electron chi connectivity index (χ2n) is 5.34. The molecule has 1 saturated heterocycles. The van der Waals surface area contributed by atoms with Crippen molar-refractivity contribution in [1.82, 2.24) is 20.9 Å². The van der Waals surface area contributed by atoms with Crippen LogP contribution in [0.3, 0.4) is 0 Å². The van der Waals surface area contributed by atoms with Crippen molar-refractivity contribution in [3.63, 3.8) is 0 Å². The summed E-state index contributed by atoms with van der Waals surface area (Å²) < 4.78 is 0. The van der Waals surface area contributed by atoms with Gasteiger partial charge in [-0.1, -0.05) is 19.1 Å². The van der Waals surface area contributed by atoms with Crippen LogP contribution >= 0.6 is 0 Å². The van der Waals surface area contributed by atoms with Gasteiger partial charge in [0.05, 0.1) is 13.1 Å².